The molecule has 0 saturated carbocycles. The monoisotopic (exact) mass is 296 g/mol. The Hall–Kier alpha value is -2.08. The first-order valence-corrected chi connectivity index (χ1v) is 7.48. The third-order valence-corrected chi connectivity index (χ3v) is 3.85. The summed E-state index contributed by atoms with van der Waals surface area (Å²) in [4.78, 5) is 12.1. The molecule has 0 aromatic heterocycles. The molecule has 3 nitrogen and oxygen atoms in total. The molecule has 6 heteroatoms. The van der Waals surface area contributed by atoms with Gasteiger partial charge in [0.2, 0.25) is 0 Å². The summed E-state index contributed by atoms with van der Waals surface area (Å²) in [6.45, 7) is 0. The van der Waals surface area contributed by atoms with Gasteiger partial charge in [-0.3, -0.25) is 4.79 Å². The highest BCUT2D eigenvalue weighted by Crippen LogP contribution is 2.17. The molecule has 0 atom stereocenters. The average molecular weight is 296 g/mol. The zero-order chi connectivity index (χ0) is 14.9. The second-order valence-electron chi connectivity index (χ2n) is 4.25. The van der Waals surface area contributed by atoms with Crippen LogP contribution in [0.1, 0.15) is 15.9 Å². The summed E-state index contributed by atoms with van der Waals surface area (Å²) in [5, 5.41) is 0. The second-order valence-corrected chi connectivity index (χ2v) is 6.27. The normalized spacial score (nSPS) is 11.3. The lowest BCUT2D eigenvalue weighted by molar-refractivity contribution is 0.103. The summed E-state index contributed by atoms with van der Waals surface area (Å²) in [5.74, 6) is -2.26. The molecule has 0 radical (unpaired) electrons. The van der Waals surface area contributed by atoms with Gasteiger partial charge in [-0.05, 0) is 42.5 Å². The van der Waals surface area contributed by atoms with Crippen LogP contribution in [0.25, 0.3) is 0 Å². The van der Waals surface area contributed by atoms with Crippen molar-refractivity contribution < 1.29 is 22.0 Å². The van der Waals surface area contributed by atoms with Crippen molar-refractivity contribution in [2.45, 2.75) is 4.90 Å². The maximum atomic E-state index is 13.5. The molecule has 0 amide bonds. The van der Waals surface area contributed by atoms with Gasteiger partial charge in [0.15, 0.2) is 15.6 Å². The molecule has 104 valence electrons. The minimum atomic E-state index is -3.37. The van der Waals surface area contributed by atoms with E-state index < -0.39 is 32.8 Å². The number of hydrogen-bond acceptors (Lipinski definition) is 3. The standard InChI is InChI=1S/C14H10F2O3S/c1-20(18,19)11-5-2-9(3-6-11)14(17)12-8-10(15)4-7-13(12)16/h2-8H,1H3. The number of carbonyl (C=O) groups excluding carboxylic acids is 1. The van der Waals surface area contributed by atoms with E-state index in [0.29, 0.717) is 0 Å². The van der Waals surface area contributed by atoms with E-state index in [-0.39, 0.29) is 10.5 Å². The molecule has 0 unspecified atom stereocenters. The van der Waals surface area contributed by atoms with Crippen molar-refractivity contribution in [2.24, 2.45) is 0 Å². The van der Waals surface area contributed by atoms with Gasteiger partial charge in [-0.25, -0.2) is 17.2 Å². The first kappa shape index (κ1) is 14.3. The molecule has 20 heavy (non-hydrogen) atoms. The highest BCUT2D eigenvalue weighted by molar-refractivity contribution is 7.90. The summed E-state index contributed by atoms with van der Waals surface area (Å²) >= 11 is 0. The van der Waals surface area contributed by atoms with E-state index >= 15 is 0 Å². The summed E-state index contributed by atoms with van der Waals surface area (Å²) in [7, 11) is -3.37. The number of sulfone groups is 1. The predicted molar refractivity (Wildman–Crippen MR) is 69.3 cm³/mol. The van der Waals surface area contributed by atoms with Crippen molar-refractivity contribution in [3.8, 4) is 0 Å². The van der Waals surface area contributed by atoms with E-state index in [1.165, 1.54) is 24.3 Å². The molecule has 0 aliphatic carbocycles. The summed E-state index contributed by atoms with van der Waals surface area (Å²) in [6, 6.07) is 7.63. The van der Waals surface area contributed by atoms with Gasteiger partial charge >= 0.3 is 0 Å². The van der Waals surface area contributed by atoms with Crippen LogP contribution in [-0.2, 0) is 9.84 Å². The molecule has 0 N–H and O–H groups in total. The molecule has 0 aliphatic rings. The van der Waals surface area contributed by atoms with Gasteiger partial charge < -0.3 is 0 Å². The molecule has 0 saturated heterocycles. The Bertz CT molecular complexity index is 766. The van der Waals surface area contributed by atoms with Gasteiger partial charge in [-0.15, -0.1) is 0 Å². The Morgan fingerprint density at radius 2 is 1.60 bits per heavy atom. The Morgan fingerprint density at radius 3 is 2.15 bits per heavy atom. The minimum absolute atomic E-state index is 0.0498. The number of carbonyl (C=O) groups is 1. The third kappa shape index (κ3) is 2.91. The number of hydrogen-bond donors (Lipinski definition) is 0. The van der Waals surface area contributed by atoms with Crippen molar-refractivity contribution in [3.05, 3.63) is 65.2 Å². The van der Waals surface area contributed by atoms with E-state index in [9.17, 15) is 22.0 Å². The van der Waals surface area contributed by atoms with Gasteiger partial charge in [0.1, 0.15) is 11.6 Å². The Labute approximate surface area is 114 Å². The summed E-state index contributed by atoms with van der Waals surface area (Å²) < 4.78 is 49.1. The zero-order valence-corrected chi connectivity index (χ0v) is 11.2. The summed E-state index contributed by atoms with van der Waals surface area (Å²) in [6.07, 6.45) is 1.04. The fourth-order valence-electron chi connectivity index (χ4n) is 1.68. The average Bonchev–Trinajstić information content (AvgIpc) is 2.40. The van der Waals surface area contributed by atoms with E-state index in [0.717, 1.165) is 24.5 Å². The fourth-order valence-corrected chi connectivity index (χ4v) is 2.31. The molecule has 0 aliphatic heterocycles. The number of ketones is 1. The van der Waals surface area contributed by atoms with Gasteiger partial charge in [-0.1, -0.05) is 0 Å². The van der Waals surface area contributed by atoms with Gasteiger partial charge in [0.25, 0.3) is 0 Å². The first-order chi connectivity index (χ1) is 9.29. The van der Waals surface area contributed by atoms with Gasteiger partial charge in [0, 0.05) is 11.8 Å². The minimum Gasteiger partial charge on any atom is -0.288 e. The quantitative estimate of drug-likeness (QED) is 0.818. The van der Waals surface area contributed by atoms with E-state index in [4.69, 9.17) is 0 Å². The molecule has 2 aromatic rings. The Morgan fingerprint density at radius 1 is 1.00 bits per heavy atom. The van der Waals surface area contributed by atoms with Crippen LogP contribution in [0.2, 0.25) is 0 Å². The van der Waals surface area contributed by atoms with E-state index in [2.05, 4.69) is 0 Å². The largest absolute Gasteiger partial charge is 0.288 e. The van der Waals surface area contributed by atoms with Gasteiger partial charge in [0.05, 0.1) is 10.5 Å². The van der Waals surface area contributed by atoms with Crippen molar-refractivity contribution in [3.63, 3.8) is 0 Å². The van der Waals surface area contributed by atoms with Crippen molar-refractivity contribution in [2.75, 3.05) is 6.26 Å². The highest BCUT2D eigenvalue weighted by atomic mass is 32.2. The van der Waals surface area contributed by atoms with Crippen LogP contribution in [-0.4, -0.2) is 20.5 Å². The molecule has 0 heterocycles. The molecule has 0 bridgehead atoms. The van der Waals surface area contributed by atoms with Crippen LogP contribution in [0, 0.1) is 11.6 Å². The predicted octanol–water partition coefficient (Wildman–Crippen LogP) is 2.60. The van der Waals surface area contributed by atoms with Crippen LogP contribution >= 0.6 is 0 Å². The maximum absolute atomic E-state index is 13.5. The smallest absolute Gasteiger partial charge is 0.196 e. The molecule has 2 aromatic carbocycles. The van der Waals surface area contributed by atoms with Crippen LogP contribution < -0.4 is 0 Å². The molecular weight excluding hydrogens is 286 g/mol. The molecule has 0 spiro atoms. The van der Waals surface area contributed by atoms with Crippen molar-refractivity contribution >= 4 is 15.6 Å². The van der Waals surface area contributed by atoms with Gasteiger partial charge in [-0.2, -0.15) is 0 Å². The lowest BCUT2D eigenvalue weighted by atomic mass is 10.0. The topological polar surface area (TPSA) is 51.2 Å². The fraction of sp³-hybridized carbons (Fsp3) is 0.0714. The van der Waals surface area contributed by atoms with Crippen LogP contribution in [0.3, 0.4) is 0 Å². The lowest BCUT2D eigenvalue weighted by Gasteiger charge is -2.04. The van der Waals surface area contributed by atoms with Crippen molar-refractivity contribution in [1.29, 1.82) is 0 Å². The number of halogens is 2. The van der Waals surface area contributed by atoms with Crippen LogP contribution in [0.15, 0.2) is 47.4 Å². The highest BCUT2D eigenvalue weighted by Gasteiger charge is 2.16. The number of benzene rings is 2. The van der Waals surface area contributed by atoms with E-state index in [1.54, 1.807) is 0 Å². The zero-order valence-electron chi connectivity index (χ0n) is 10.4. The third-order valence-electron chi connectivity index (χ3n) is 2.72. The lowest BCUT2D eigenvalue weighted by Crippen LogP contribution is -2.06. The Balaban J connectivity index is 2.42. The van der Waals surface area contributed by atoms with Crippen molar-refractivity contribution in [1.82, 2.24) is 0 Å². The molecular formula is C14H10F2O3S. The second kappa shape index (κ2) is 5.13. The maximum Gasteiger partial charge on any atom is 0.196 e. The number of rotatable bonds is 3. The molecule has 2 rings (SSSR count). The van der Waals surface area contributed by atoms with Crippen LogP contribution in [0.4, 0.5) is 8.78 Å². The SMILES string of the molecule is CS(=O)(=O)c1ccc(C(=O)c2cc(F)ccc2F)cc1. The van der Waals surface area contributed by atoms with E-state index in [1.807, 2.05) is 0 Å². The van der Waals surface area contributed by atoms with Crippen LogP contribution in [0.5, 0.6) is 0 Å². The summed E-state index contributed by atoms with van der Waals surface area (Å²) in [5.41, 5.74) is -0.306. The first-order valence-electron chi connectivity index (χ1n) is 5.59. The Kier molecular flexibility index (Phi) is 3.67. The molecule has 0 fully saturated rings.